The van der Waals surface area contributed by atoms with Crippen LogP contribution in [-0.4, -0.2) is 123 Å². The molecule has 16 nitrogen and oxygen atoms in total. The Hall–Kier alpha value is -1.39. The minimum atomic E-state index is -1.31. The van der Waals surface area contributed by atoms with Gasteiger partial charge in [0, 0.05) is 44.5 Å². The molecule has 2 aromatic carbocycles. The number of carbonyl (C=O) groups excluding carboxylic acids is 6. The average Bonchev–Trinajstić information content (AvgIpc) is 3.54. The standard InChI is InChI=1S/2C18H19N3O5S2.2K/c2*1-18(2)13(17(25)26)21-15(24)10(16(21)27-18)19-14(23)11-12(22)8-6-4-5-7-9(8)28-20(11)3;;/h2*4-7,10,13,16,22H,1-3H3,(H,19,23)(H,25,26);;/q;;2*+1/p-2/t2*10-,13+,16-;;/m11../s1. The normalized spacial score (nSPS) is 26.9. The predicted molar refractivity (Wildman–Crippen MR) is 205 cm³/mol. The summed E-state index contributed by atoms with van der Waals surface area (Å²) in [6, 6.07) is 10.5. The number of amides is 4. The van der Waals surface area contributed by atoms with Crippen molar-refractivity contribution in [2.45, 2.75) is 81.9 Å². The van der Waals surface area contributed by atoms with E-state index in [0.717, 1.165) is 9.79 Å². The van der Waals surface area contributed by atoms with Crippen molar-refractivity contribution in [1.82, 2.24) is 29.0 Å². The van der Waals surface area contributed by atoms with Gasteiger partial charge in [0.1, 0.15) is 22.8 Å². The third kappa shape index (κ3) is 8.17. The molecule has 58 heavy (non-hydrogen) atoms. The van der Waals surface area contributed by atoms with Gasteiger partial charge in [0.15, 0.2) is 22.9 Å². The summed E-state index contributed by atoms with van der Waals surface area (Å²) in [5.41, 5.74) is 1.19. The van der Waals surface area contributed by atoms with E-state index in [1.807, 2.05) is 24.3 Å². The molecule has 6 aliphatic heterocycles. The quantitative estimate of drug-likeness (QED) is 0.120. The molecule has 0 unspecified atom stereocenters. The summed E-state index contributed by atoms with van der Waals surface area (Å²) in [4.78, 5) is 77.9. The van der Waals surface area contributed by atoms with Gasteiger partial charge in [0.05, 0.1) is 24.0 Å². The van der Waals surface area contributed by atoms with Gasteiger partial charge >= 0.3 is 103 Å². The third-order valence-corrected chi connectivity index (χ3v) is 15.3. The molecular weight excluding hydrogens is 883 g/mol. The molecule has 296 valence electrons. The molecule has 4 fully saturated rings. The number of nitrogens with one attached hydrogen (secondary N) is 2. The number of carbonyl (C=O) groups is 6. The van der Waals surface area contributed by atoms with E-state index in [2.05, 4.69) is 10.6 Å². The Balaban J connectivity index is 0.000000214. The second kappa shape index (κ2) is 17.8. The number of carboxylic acids is 2. The van der Waals surface area contributed by atoms with Crippen LogP contribution in [0.5, 0.6) is 0 Å². The number of likely N-dealkylation sites (N-methyl/N-ethyl adjacent to an activating group) is 2. The summed E-state index contributed by atoms with van der Waals surface area (Å²) in [6.45, 7) is 6.94. The van der Waals surface area contributed by atoms with E-state index in [1.165, 1.54) is 57.2 Å². The molecule has 0 saturated carbocycles. The number of carboxylic acid groups (broad SMARTS) is 2. The van der Waals surface area contributed by atoms with Crippen LogP contribution >= 0.6 is 47.4 Å². The first-order chi connectivity index (χ1) is 26.3. The number of hydrogen-bond acceptors (Lipinski definition) is 16. The number of nitrogens with zero attached hydrogens (tertiary/aromatic N) is 4. The molecule has 6 atom stereocenters. The fourth-order valence-electron chi connectivity index (χ4n) is 7.60. The first-order valence-electron chi connectivity index (χ1n) is 17.2. The van der Waals surface area contributed by atoms with Crippen molar-refractivity contribution >= 4 is 94.5 Å². The van der Waals surface area contributed by atoms with Crippen molar-refractivity contribution in [3.05, 3.63) is 71.1 Å². The smallest absolute Gasteiger partial charge is 0.548 e. The first kappa shape index (κ1) is 47.7. The van der Waals surface area contributed by atoms with Crippen LogP contribution in [-0.2, 0) is 28.8 Å². The van der Waals surface area contributed by atoms with E-state index in [1.54, 1.807) is 74.7 Å². The summed E-state index contributed by atoms with van der Waals surface area (Å²) in [5, 5.41) is 48.5. The van der Waals surface area contributed by atoms with Crippen LogP contribution < -0.4 is 124 Å². The summed E-state index contributed by atoms with van der Waals surface area (Å²) in [5.74, 6) is -5.04. The SMILES string of the molecule is CN1Sc2ccccc2C(O)=C1C(=O)N[C@@H]1C(=O)N2[C@@H]1SC(C)(C)[C@@H]2C(=O)[O-].CN1Sc2ccccc2C(O)=C1C(=O)N[C@@H]1C(=O)N2[C@@H]1SC(C)(C)[C@@H]2C(=O)[O-].[K+].[K+]. The Morgan fingerprint density at radius 1 is 0.638 bits per heavy atom. The Labute approximate surface area is 436 Å². The van der Waals surface area contributed by atoms with Crippen molar-refractivity contribution in [2.24, 2.45) is 0 Å². The topological polar surface area (TPSA) is 226 Å². The van der Waals surface area contributed by atoms with Crippen LogP contribution in [0.3, 0.4) is 0 Å². The second-order valence-electron chi connectivity index (χ2n) is 14.6. The van der Waals surface area contributed by atoms with Crippen molar-refractivity contribution in [3.8, 4) is 0 Å². The molecule has 8 rings (SSSR count). The van der Waals surface area contributed by atoms with E-state index in [-0.39, 0.29) is 126 Å². The molecule has 22 heteroatoms. The van der Waals surface area contributed by atoms with Gasteiger partial charge in [0.25, 0.3) is 11.8 Å². The van der Waals surface area contributed by atoms with E-state index >= 15 is 0 Å². The van der Waals surface area contributed by atoms with Gasteiger partial charge in [-0.1, -0.05) is 24.3 Å². The molecule has 0 aliphatic carbocycles. The number of thioether (sulfide) groups is 2. The van der Waals surface area contributed by atoms with Gasteiger partial charge in [-0.2, -0.15) is 0 Å². The molecule has 6 aliphatic rings. The number of benzene rings is 2. The Morgan fingerprint density at radius 2 is 0.966 bits per heavy atom. The summed E-state index contributed by atoms with van der Waals surface area (Å²) in [6.07, 6.45) is 0. The van der Waals surface area contributed by atoms with Gasteiger partial charge in [-0.05, 0) is 75.9 Å². The van der Waals surface area contributed by atoms with Gasteiger partial charge in [0.2, 0.25) is 11.8 Å². The monoisotopic (exact) mass is 918 g/mol. The maximum absolute atomic E-state index is 12.9. The van der Waals surface area contributed by atoms with Gasteiger partial charge in [-0.25, -0.2) is 0 Å². The van der Waals surface area contributed by atoms with E-state index in [4.69, 9.17) is 0 Å². The van der Waals surface area contributed by atoms with Crippen LogP contribution in [0.4, 0.5) is 0 Å². The number of β-lactam (4-membered cyclic amide) rings is 2. The van der Waals surface area contributed by atoms with Crippen LogP contribution in [0.25, 0.3) is 11.5 Å². The van der Waals surface area contributed by atoms with E-state index < -0.39 is 80.0 Å². The van der Waals surface area contributed by atoms with Crippen molar-refractivity contribution in [2.75, 3.05) is 14.1 Å². The molecule has 4 amide bonds. The summed E-state index contributed by atoms with van der Waals surface area (Å²) < 4.78 is 1.64. The minimum Gasteiger partial charge on any atom is -0.548 e. The molecule has 2 aromatic rings. The Kier molecular flexibility index (Phi) is 14.6. The molecule has 4 saturated heterocycles. The van der Waals surface area contributed by atoms with Crippen LogP contribution in [0.15, 0.2) is 69.7 Å². The zero-order valence-electron chi connectivity index (χ0n) is 32.7. The van der Waals surface area contributed by atoms with Crippen molar-refractivity contribution < 1.29 is 152 Å². The average molecular weight is 919 g/mol. The zero-order valence-corrected chi connectivity index (χ0v) is 42.2. The fraction of sp³-hybridized carbons (Fsp3) is 0.389. The van der Waals surface area contributed by atoms with E-state index in [9.17, 15) is 49.2 Å². The number of fused-ring (bicyclic) bond motifs is 4. The molecule has 0 aromatic heterocycles. The maximum atomic E-state index is 12.9. The fourth-order valence-corrected chi connectivity index (χ4v) is 12.8. The van der Waals surface area contributed by atoms with Gasteiger partial charge in [-0.15, -0.1) is 23.5 Å². The number of aliphatic hydroxyl groups is 2. The zero-order chi connectivity index (χ0) is 40.8. The minimum absolute atomic E-state index is 0. The largest absolute Gasteiger partial charge is 1.00 e. The maximum Gasteiger partial charge on any atom is 1.00 e. The molecule has 0 spiro atoms. The van der Waals surface area contributed by atoms with Crippen LogP contribution in [0, 0.1) is 0 Å². The molecular formula is C36H36K2N6O10S4. The number of rotatable bonds is 6. The van der Waals surface area contributed by atoms with Gasteiger partial charge in [-0.3, -0.25) is 19.2 Å². The Morgan fingerprint density at radius 3 is 1.29 bits per heavy atom. The third-order valence-electron chi connectivity index (χ3n) is 10.2. The molecule has 0 bridgehead atoms. The molecule has 6 heterocycles. The van der Waals surface area contributed by atoms with Crippen LogP contribution in [0.1, 0.15) is 38.8 Å². The van der Waals surface area contributed by atoms with E-state index in [0.29, 0.717) is 11.1 Å². The second-order valence-corrected chi connectivity index (χ2v) is 20.5. The summed E-state index contributed by atoms with van der Waals surface area (Å²) in [7, 11) is 3.31. The summed E-state index contributed by atoms with van der Waals surface area (Å²) >= 11 is 5.23. The number of aliphatic carboxylic acids is 2. The van der Waals surface area contributed by atoms with Crippen LogP contribution in [0.2, 0.25) is 0 Å². The molecule has 4 N–H and O–H groups in total. The van der Waals surface area contributed by atoms with Crippen molar-refractivity contribution in [3.63, 3.8) is 0 Å². The Bertz CT molecular complexity index is 2030. The molecule has 0 radical (unpaired) electrons. The number of aliphatic hydroxyl groups excluding tert-OH is 2. The van der Waals surface area contributed by atoms with Crippen molar-refractivity contribution in [1.29, 1.82) is 0 Å². The predicted octanol–water partition coefficient (Wildman–Crippen LogP) is -5.67. The first-order valence-corrected chi connectivity index (χ1v) is 20.5. The van der Waals surface area contributed by atoms with Gasteiger partial charge < -0.3 is 59.1 Å². The number of hydrogen-bond donors (Lipinski definition) is 4.